The fraction of sp³-hybridized carbons (Fsp3) is 0.350. The molecule has 3 rings (SSSR count). The number of carbonyl (C=O) groups is 1. The zero-order chi connectivity index (χ0) is 19.4. The number of benzene rings is 2. The molecule has 0 atom stereocenters. The molecule has 2 aromatic carbocycles. The summed E-state index contributed by atoms with van der Waals surface area (Å²) in [6.45, 7) is 6.44. The van der Waals surface area contributed by atoms with Crippen molar-refractivity contribution in [1.82, 2.24) is 0 Å². The Balaban J connectivity index is 1.68. The molecule has 0 radical (unpaired) electrons. The summed E-state index contributed by atoms with van der Waals surface area (Å²) in [5.41, 5.74) is 3.31. The molecule has 27 heavy (non-hydrogen) atoms. The minimum Gasteiger partial charge on any atom is -0.484 e. The fourth-order valence-corrected chi connectivity index (χ4v) is 3.45. The molecular weight excluding hydrogens is 387 g/mol. The number of carbonyl (C=O) groups excluding carboxylic acids is 1. The molecule has 5 nitrogen and oxygen atoms in total. The number of amides is 1. The quantitative estimate of drug-likeness (QED) is 0.792. The molecule has 1 heterocycles. The molecule has 0 spiro atoms. The highest BCUT2D eigenvalue weighted by molar-refractivity contribution is 6.34. The van der Waals surface area contributed by atoms with Gasteiger partial charge in [0.25, 0.3) is 5.91 Å². The van der Waals surface area contributed by atoms with Crippen molar-refractivity contribution in [2.75, 3.05) is 43.1 Å². The summed E-state index contributed by atoms with van der Waals surface area (Å²) in [5.74, 6) is 0.362. The van der Waals surface area contributed by atoms with E-state index in [9.17, 15) is 4.79 Å². The van der Waals surface area contributed by atoms with Crippen LogP contribution in [-0.2, 0) is 9.53 Å². The average Bonchev–Trinajstić information content (AvgIpc) is 2.65. The lowest BCUT2D eigenvalue weighted by Gasteiger charge is -2.31. The van der Waals surface area contributed by atoms with Gasteiger partial charge in [-0.1, -0.05) is 29.3 Å². The number of para-hydroxylation sites is 1. The molecule has 1 aliphatic heterocycles. The molecule has 2 aromatic rings. The van der Waals surface area contributed by atoms with E-state index >= 15 is 0 Å². The first-order valence-electron chi connectivity index (χ1n) is 8.76. The van der Waals surface area contributed by atoms with E-state index < -0.39 is 0 Å². The highest BCUT2D eigenvalue weighted by atomic mass is 35.5. The van der Waals surface area contributed by atoms with Crippen molar-refractivity contribution in [3.63, 3.8) is 0 Å². The lowest BCUT2D eigenvalue weighted by atomic mass is 10.1. The van der Waals surface area contributed by atoms with Gasteiger partial charge in [0.15, 0.2) is 6.61 Å². The second-order valence-corrected chi connectivity index (χ2v) is 7.23. The number of ether oxygens (including phenoxy) is 2. The van der Waals surface area contributed by atoms with Gasteiger partial charge in [-0.15, -0.1) is 0 Å². The Morgan fingerprint density at radius 3 is 2.52 bits per heavy atom. The zero-order valence-corrected chi connectivity index (χ0v) is 16.9. The average molecular weight is 409 g/mol. The summed E-state index contributed by atoms with van der Waals surface area (Å²) >= 11 is 12.6. The zero-order valence-electron chi connectivity index (χ0n) is 15.4. The first-order chi connectivity index (χ1) is 13.0. The van der Waals surface area contributed by atoms with Gasteiger partial charge >= 0.3 is 0 Å². The maximum atomic E-state index is 12.4. The third-order valence-corrected chi connectivity index (χ3v) is 5.27. The largest absolute Gasteiger partial charge is 0.484 e. The Bertz CT molecular complexity index is 813. The maximum absolute atomic E-state index is 12.4. The Morgan fingerprint density at radius 2 is 1.85 bits per heavy atom. The first kappa shape index (κ1) is 19.8. The highest BCUT2D eigenvalue weighted by Crippen LogP contribution is 2.34. The lowest BCUT2D eigenvalue weighted by molar-refractivity contribution is -0.118. The van der Waals surface area contributed by atoms with Gasteiger partial charge in [-0.25, -0.2) is 0 Å². The van der Waals surface area contributed by atoms with Crippen molar-refractivity contribution in [2.45, 2.75) is 13.8 Å². The number of hydrogen-bond donors (Lipinski definition) is 1. The Morgan fingerprint density at radius 1 is 1.19 bits per heavy atom. The molecule has 144 valence electrons. The Labute approximate surface area is 169 Å². The molecule has 0 unspecified atom stereocenters. The third-order valence-electron chi connectivity index (χ3n) is 4.37. The van der Waals surface area contributed by atoms with Crippen molar-refractivity contribution >= 4 is 40.5 Å². The molecular formula is C20H22Cl2N2O3. The van der Waals surface area contributed by atoms with E-state index in [4.69, 9.17) is 32.7 Å². The van der Waals surface area contributed by atoms with Gasteiger partial charge in [0.2, 0.25) is 0 Å². The number of hydrogen-bond acceptors (Lipinski definition) is 4. The van der Waals surface area contributed by atoms with Crippen molar-refractivity contribution in [3.8, 4) is 5.75 Å². The van der Waals surface area contributed by atoms with Gasteiger partial charge in [0.05, 0.1) is 29.6 Å². The molecule has 7 heteroatoms. The standard InChI is InChI=1S/C20H22Cl2N2O3/c1-13-10-15(11-14(2)19(13)22)27-12-18(25)23-17-5-3-4-16(21)20(17)24-6-8-26-9-7-24/h3-5,10-11H,6-9,12H2,1-2H3,(H,23,25). The van der Waals surface area contributed by atoms with E-state index in [1.54, 1.807) is 0 Å². The summed E-state index contributed by atoms with van der Waals surface area (Å²) in [7, 11) is 0. The topological polar surface area (TPSA) is 50.8 Å². The van der Waals surface area contributed by atoms with E-state index in [0.29, 0.717) is 34.7 Å². The second kappa shape index (κ2) is 8.83. The number of halogens is 2. The third kappa shape index (κ3) is 4.86. The fourth-order valence-electron chi connectivity index (χ4n) is 3.05. The Hall–Kier alpha value is -1.95. The first-order valence-corrected chi connectivity index (χ1v) is 9.52. The molecule has 1 amide bonds. The summed E-state index contributed by atoms with van der Waals surface area (Å²) in [4.78, 5) is 14.5. The monoisotopic (exact) mass is 408 g/mol. The van der Waals surface area contributed by atoms with E-state index in [0.717, 1.165) is 29.9 Å². The van der Waals surface area contributed by atoms with Crippen LogP contribution in [0.15, 0.2) is 30.3 Å². The van der Waals surface area contributed by atoms with Gasteiger partial charge < -0.3 is 19.7 Å². The smallest absolute Gasteiger partial charge is 0.262 e. The molecule has 1 saturated heterocycles. The van der Waals surface area contributed by atoms with E-state index in [-0.39, 0.29) is 12.5 Å². The number of nitrogens with one attached hydrogen (secondary N) is 1. The molecule has 0 saturated carbocycles. The van der Waals surface area contributed by atoms with Crippen molar-refractivity contribution in [1.29, 1.82) is 0 Å². The van der Waals surface area contributed by atoms with Gasteiger partial charge in [-0.05, 0) is 49.2 Å². The van der Waals surface area contributed by atoms with Crippen LogP contribution in [0, 0.1) is 13.8 Å². The summed E-state index contributed by atoms with van der Waals surface area (Å²) in [6.07, 6.45) is 0. The maximum Gasteiger partial charge on any atom is 0.262 e. The molecule has 1 aliphatic rings. The number of rotatable bonds is 5. The van der Waals surface area contributed by atoms with Crippen LogP contribution in [0.4, 0.5) is 11.4 Å². The van der Waals surface area contributed by atoms with Crippen LogP contribution in [0.3, 0.4) is 0 Å². The van der Waals surface area contributed by atoms with Gasteiger partial charge in [-0.3, -0.25) is 4.79 Å². The summed E-state index contributed by atoms with van der Waals surface area (Å²) < 4.78 is 11.0. The van der Waals surface area contributed by atoms with Crippen molar-refractivity contribution < 1.29 is 14.3 Å². The van der Waals surface area contributed by atoms with Crippen LogP contribution in [0.1, 0.15) is 11.1 Å². The minimum absolute atomic E-state index is 0.102. The number of aryl methyl sites for hydroxylation is 2. The van der Waals surface area contributed by atoms with Crippen LogP contribution in [0.2, 0.25) is 10.0 Å². The summed E-state index contributed by atoms with van der Waals surface area (Å²) in [5, 5.41) is 4.21. The Kier molecular flexibility index (Phi) is 6.47. The highest BCUT2D eigenvalue weighted by Gasteiger charge is 2.19. The van der Waals surface area contributed by atoms with Gasteiger partial charge in [0, 0.05) is 18.1 Å². The predicted octanol–water partition coefficient (Wildman–Crippen LogP) is 4.46. The van der Waals surface area contributed by atoms with Gasteiger partial charge in [0.1, 0.15) is 5.75 Å². The van der Waals surface area contributed by atoms with E-state index in [1.807, 2.05) is 44.2 Å². The van der Waals surface area contributed by atoms with Crippen LogP contribution >= 0.6 is 23.2 Å². The van der Waals surface area contributed by atoms with Crippen LogP contribution in [0.5, 0.6) is 5.75 Å². The predicted molar refractivity (Wildman–Crippen MR) is 110 cm³/mol. The normalized spacial score (nSPS) is 14.1. The van der Waals surface area contributed by atoms with E-state index in [1.165, 1.54) is 0 Å². The molecule has 0 aliphatic carbocycles. The van der Waals surface area contributed by atoms with E-state index in [2.05, 4.69) is 10.2 Å². The number of nitrogens with zero attached hydrogens (tertiary/aromatic N) is 1. The lowest BCUT2D eigenvalue weighted by Crippen LogP contribution is -2.37. The summed E-state index contributed by atoms with van der Waals surface area (Å²) in [6, 6.07) is 9.11. The number of morpholine rings is 1. The van der Waals surface area contributed by atoms with Crippen LogP contribution in [0.25, 0.3) is 0 Å². The van der Waals surface area contributed by atoms with Crippen LogP contribution in [-0.4, -0.2) is 38.8 Å². The van der Waals surface area contributed by atoms with Gasteiger partial charge in [-0.2, -0.15) is 0 Å². The molecule has 1 fully saturated rings. The molecule has 0 bridgehead atoms. The van der Waals surface area contributed by atoms with Crippen molar-refractivity contribution in [2.24, 2.45) is 0 Å². The minimum atomic E-state index is -0.253. The second-order valence-electron chi connectivity index (χ2n) is 6.44. The van der Waals surface area contributed by atoms with Crippen molar-refractivity contribution in [3.05, 3.63) is 51.5 Å². The van der Waals surface area contributed by atoms with Crippen LogP contribution < -0.4 is 15.0 Å². The number of anilines is 2. The molecule has 1 N–H and O–H groups in total. The SMILES string of the molecule is Cc1cc(OCC(=O)Nc2cccc(Cl)c2N2CCOCC2)cc(C)c1Cl. The molecule has 0 aromatic heterocycles.